The summed E-state index contributed by atoms with van der Waals surface area (Å²) < 4.78 is 13.2. The summed E-state index contributed by atoms with van der Waals surface area (Å²) in [5.41, 5.74) is 2.03. The van der Waals surface area contributed by atoms with Crippen molar-refractivity contribution in [2.75, 3.05) is 6.54 Å². The molecule has 0 bridgehead atoms. The molecule has 0 radical (unpaired) electrons. The highest BCUT2D eigenvalue weighted by Crippen LogP contribution is 2.28. The Morgan fingerprint density at radius 3 is 2.39 bits per heavy atom. The molecule has 28 heavy (non-hydrogen) atoms. The zero-order valence-electron chi connectivity index (χ0n) is 16.5. The van der Waals surface area contributed by atoms with Crippen LogP contribution >= 0.6 is 11.3 Å². The van der Waals surface area contributed by atoms with Gasteiger partial charge in [0.05, 0.1) is 6.54 Å². The first-order valence-electron chi connectivity index (χ1n) is 9.82. The summed E-state index contributed by atoms with van der Waals surface area (Å²) >= 11 is 1.63. The quantitative estimate of drug-likeness (QED) is 0.619. The maximum absolute atomic E-state index is 13.2. The number of aryl methyl sites for hydroxylation is 1. The Morgan fingerprint density at radius 1 is 1.11 bits per heavy atom. The van der Waals surface area contributed by atoms with Gasteiger partial charge in [0, 0.05) is 23.9 Å². The van der Waals surface area contributed by atoms with E-state index in [2.05, 4.69) is 0 Å². The van der Waals surface area contributed by atoms with Crippen LogP contribution < -0.4 is 0 Å². The van der Waals surface area contributed by atoms with Gasteiger partial charge in [0.2, 0.25) is 11.8 Å². The lowest BCUT2D eigenvalue weighted by molar-refractivity contribution is -0.141. The van der Waals surface area contributed by atoms with Crippen LogP contribution in [0.1, 0.15) is 48.6 Å². The minimum Gasteiger partial charge on any atom is -0.332 e. The normalized spacial score (nSPS) is 13.4. The number of amides is 2. The van der Waals surface area contributed by atoms with Crippen molar-refractivity contribution < 1.29 is 14.0 Å². The molecule has 0 N–H and O–H groups in total. The predicted molar refractivity (Wildman–Crippen MR) is 109 cm³/mol. The standard InChI is InChI=1S/C22H27FN2O2S/c1-3-4-21(26)25(19-9-10-19)15-22(27)24(14-20-16(2)11-12-28-20)13-17-5-7-18(23)8-6-17/h5-8,11-12,19H,3-4,9-10,13-15H2,1-2H3. The number of thiophene rings is 1. The van der Waals surface area contributed by atoms with Gasteiger partial charge in [0.25, 0.3) is 0 Å². The number of halogens is 1. The van der Waals surface area contributed by atoms with Gasteiger partial charge in [-0.1, -0.05) is 19.1 Å². The molecule has 1 aliphatic carbocycles. The fourth-order valence-electron chi connectivity index (χ4n) is 3.19. The molecule has 0 atom stereocenters. The average molecular weight is 403 g/mol. The molecule has 4 nitrogen and oxygen atoms in total. The van der Waals surface area contributed by atoms with Crippen molar-refractivity contribution in [3.8, 4) is 0 Å². The van der Waals surface area contributed by atoms with Gasteiger partial charge in [-0.05, 0) is 60.9 Å². The molecule has 1 aromatic carbocycles. The minimum atomic E-state index is -0.291. The van der Waals surface area contributed by atoms with Crippen molar-refractivity contribution in [1.29, 1.82) is 0 Å². The van der Waals surface area contributed by atoms with Gasteiger partial charge in [0.15, 0.2) is 0 Å². The van der Waals surface area contributed by atoms with E-state index in [4.69, 9.17) is 0 Å². The molecule has 6 heteroatoms. The van der Waals surface area contributed by atoms with E-state index in [0.717, 1.165) is 35.3 Å². The summed E-state index contributed by atoms with van der Waals surface area (Å²) in [7, 11) is 0. The van der Waals surface area contributed by atoms with Crippen LogP contribution in [0.15, 0.2) is 35.7 Å². The Morgan fingerprint density at radius 2 is 1.82 bits per heavy atom. The average Bonchev–Trinajstić information content (AvgIpc) is 3.43. The van der Waals surface area contributed by atoms with Gasteiger partial charge in [0.1, 0.15) is 12.4 Å². The Labute approximate surface area is 170 Å². The summed E-state index contributed by atoms with van der Waals surface area (Å²) in [6.07, 6.45) is 3.21. The van der Waals surface area contributed by atoms with E-state index in [1.54, 1.807) is 33.3 Å². The van der Waals surface area contributed by atoms with Gasteiger partial charge in [-0.15, -0.1) is 11.3 Å². The van der Waals surface area contributed by atoms with E-state index < -0.39 is 0 Å². The van der Waals surface area contributed by atoms with Crippen LogP contribution in [0.2, 0.25) is 0 Å². The van der Waals surface area contributed by atoms with E-state index >= 15 is 0 Å². The zero-order chi connectivity index (χ0) is 20.1. The molecule has 0 unspecified atom stereocenters. The highest BCUT2D eigenvalue weighted by Gasteiger charge is 2.34. The molecule has 150 valence electrons. The van der Waals surface area contributed by atoms with E-state index in [-0.39, 0.29) is 30.2 Å². The summed E-state index contributed by atoms with van der Waals surface area (Å²) in [6, 6.07) is 8.49. The van der Waals surface area contributed by atoms with Crippen LogP contribution in [-0.2, 0) is 22.7 Å². The van der Waals surface area contributed by atoms with Crippen LogP contribution in [0.3, 0.4) is 0 Å². The number of carbonyl (C=O) groups excluding carboxylic acids is 2. The molecule has 1 aliphatic rings. The SMILES string of the molecule is CCCC(=O)N(CC(=O)N(Cc1ccc(F)cc1)Cc1sccc1C)C1CC1. The molecule has 3 rings (SSSR count). The van der Waals surface area contributed by atoms with Crippen molar-refractivity contribution in [2.45, 2.75) is 58.7 Å². The third-order valence-electron chi connectivity index (χ3n) is 5.02. The van der Waals surface area contributed by atoms with Crippen molar-refractivity contribution in [3.05, 3.63) is 57.5 Å². The molecule has 2 aromatic rings. The molecular weight excluding hydrogens is 375 g/mol. The summed E-state index contributed by atoms with van der Waals surface area (Å²) in [4.78, 5) is 30.3. The summed E-state index contributed by atoms with van der Waals surface area (Å²) in [5.74, 6) is -0.290. The Balaban J connectivity index is 1.76. The minimum absolute atomic E-state index is 0.0616. The van der Waals surface area contributed by atoms with Gasteiger partial charge in [-0.3, -0.25) is 9.59 Å². The molecule has 1 heterocycles. The number of rotatable bonds is 9. The van der Waals surface area contributed by atoms with E-state index in [9.17, 15) is 14.0 Å². The van der Waals surface area contributed by atoms with Gasteiger partial charge in [-0.25, -0.2) is 4.39 Å². The number of hydrogen-bond acceptors (Lipinski definition) is 3. The van der Waals surface area contributed by atoms with Gasteiger partial charge in [-0.2, -0.15) is 0 Å². The molecule has 1 aromatic heterocycles. The topological polar surface area (TPSA) is 40.6 Å². The molecule has 1 saturated carbocycles. The van der Waals surface area contributed by atoms with Gasteiger partial charge >= 0.3 is 0 Å². The molecule has 0 aliphatic heterocycles. The van der Waals surface area contributed by atoms with E-state index in [1.807, 2.05) is 25.3 Å². The highest BCUT2D eigenvalue weighted by atomic mass is 32.1. The Bertz CT molecular complexity index is 814. The van der Waals surface area contributed by atoms with Crippen LogP contribution in [0, 0.1) is 12.7 Å². The van der Waals surface area contributed by atoms with Crippen LogP contribution in [0.4, 0.5) is 4.39 Å². The number of benzene rings is 1. The number of hydrogen-bond donors (Lipinski definition) is 0. The van der Waals surface area contributed by atoms with E-state index in [1.165, 1.54) is 12.1 Å². The lowest BCUT2D eigenvalue weighted by Gasteiger charge is -2.28. The van der Waals surface area contributed by atoms with E-state index in [0.29, 0.717) is 19.5 Å². The fourth-order valence-corrected chi connectivity index (χ4v) is 4.11. The number of carbonyl (C=O) groups is 2. The number of nitrogens with zero attached hydrogens (tertiary/aromatic N) is 2. The van der Waals surface area contributed by atoms with Crippen molar-refractivity contribution >= 4 is 23.2 Å². The van der Waals surface area contributed by atoms with Crippen molar-refractivity contribution in [3.63, 3.8) is 0 Å². The monoisotopic (exact) mass is 402 g/mol. The molecule has 0 saturated heterocycles. The van der Waals surface area contributed by atoms with Crippen molar-refractivity contribution in [2.24, 2.45) is 0 Å². The smallest absolute Gasteiger partial charge is 0.242 e. The lowest BCUT2D eigenvalue weighted by Crippen LogP contribution is -2.43. The first-order chi connectivity index (χ1) is 13.5. The predicted octanol–water partition coefficient (Wildman–Crippen LogP) is 4.52. The van der Waals surface area contributed by atoms with Crippen LogP contribution in [-0.4, -0.2) is 34.2 Å². The first kappa shape index (κ1) is 20.5. The second-order valence-electron chi connectivity index (χ2n) is 7.41. The second kappa shape index (κ2) is 9.32. The summed E-state index contributed by atoms with van der Waals surface area (Å²) in [6.45, 7) is 5.03. The molecular formula is C22H27FN2O2S. The Hall–Kier alpha value is -2.21. The second-order valence-corrected chi connectivity index (χ2v) is 8.41. The van der Waals surface area contributed by atoms with Crippen molar-refractivity contribution in [1.82, 2.24) is 9.80 Å². The largest absolute Gasteiger partial charge is 0.332 e. The third kappa shape index (κ3) is 5.41. The zero-order valence-corrected chi connectivity index (χ0v) is 17.3. The third-order valence-corrected chi connectivity index (χ3v) is 6.03. The highest BCUT2D eigenvalue weighted by molar-refractivity contribution is 7.10. The fraction of sp³-hybridized carbons (Fsp3) is 0.455. The first-order valence-corrected chi connectivity index (χ1v) is 10.7. The lowest BCUT2D eigenvalue weighted by atomic mass is 10.2. The molecule has 0 spiro atoms. The molecule has 2 amide bonds. The van der Waals surface area contributed by atoms with Crippen LogP contribution in [0.25, 0.3) is 0 Å². The maximum atomic E-state index is 13.2. The maximum Gasteiger partial charge on any atom is 0.242 e. The Kier molecular flexibility index (Phi) is 6.83. The summed E-state index contributed by atoms with van der Waals surface area (Å²) in [5, 5.41) is 2.02. The molecule has 1 fully saturated rings. The van der Waals surface area contributed by atoms with Gasteiger partial charge < -0.3 is 9.80 Å². The van der Waals surface area contributed by atoms with Crippen LogP contribution in [0.5, 0.6) is 0 Å².